The second-order valence-electron chi connectivity index (χ2n) is 3.44. The highest BCUT2D eigenvalue weighted by atomic mass is 14.1. The van der Waals surface area contributed by atoms with Crippen LogP contribution in [0, 0.1) is 5.92 Å². The average Bonchev–Trinajstić information content (AvgIpc) is 2.34. The van der Waals surface area contributed by atoms with Crippen molar-refractivity contribution in [1.29, 1.82) is 0 Å². The predicted octanol–water partition coefficient (Wildman–Crippen LogP) is 6.13. The predicted molar refractivity (Wildman–Crippen MR) is 79.1 cm³/mol. The molecule has 0 amide bonds. The average molecular weight is 224 g/mol. The molecule has 0 heteroatoms. The smallest absolute Gasteiger partial charge is 0.0167 e. The van der Waals surface area contributed by atoms with Gasteiger partial charge in [0.15, 0.2) is 0 Å². The molecule has 0 spiro atoms. The van der Waals surface area contributed by atoms with Crippen LogP contribution in [0.3, 0.4) is 0 Å². The molecule has 0 fully saturated rings. The Labute approximate surface area is 104 Å². The summed E-state index contributed by atoms with van der Waals surface area (Å²) in [7, 11) is 0. The maximum Gasteiger partial charge on any atom is -0.0167 e. The van der Waals surface area contributed by atoms with E-state index in [-0.39, 0.29) is 7.43 Å². The molecule has 0 saturated carbocycles. The van der Waals surface area contributed by atoms with Crippen molar-refractivity contribution in [2.75, 3.05) is 0 Å². The Morgan fingerprint density at radius 3 is 1.44 bits per heavy atom. The molecular weight excluding hydrogens is 192 g/mol. The second kappa shape index (κ2) is 14.2. The Kier molecular flexibility index (Phi) is 18.3. The standard InChI is InChI=1S/C11H16.2C2H6.CH4/c1-9(2)10(3)11-7-5-4-6-8-11;2*1-2;/h4-10H,1-3H3;2*1-2H3;1H4/t10-;;;/m1.../s1. The Bertz CT molecular complexity index is 199. The highest BCUT2D eigenvalue weighted by Crippen LogP contribution is 2.22. The van der Waals surface area contributed by atoms with E-state index in [1.54, 1.807) is 0 Å². The highest BCUT2D eigenvalue weighted by molar-refractivity contribution is 5.18. The van der Waals surface area contributed by atoms with Crippen molar-refractivity contribution in [1.82, 2.24) is 0 Å². The van der Waals surface area contributed by atoms with Crippen LogP contribution >= 0.6 is 0 Å². The lowest BCUT2D eigenvalue weighted by Gasteiger charge is -2.15. The normalized spacial score (nSPS) is 10.0. The van der Waals surface area contributed by atoms with Gasteiger partial charge in [-0.05, 0) is 17.4 Å². The van der Waals surface area contributed by atoms with Gasteiger partial charge in [-0.1, -0.05) is 86.2 Å². The van der Waals surface area contributed by atoms with Crippen molar-refractivity contribution < 1.29 is 0 Å². The summed E-state index contributed by atoms with van der Waals surface area (Å²) in [6.07, 6.45) is 0. The van der Waals surface area contributed by atoms with E-state index in [1.807, 2.05) is 27.7 Å². The fourth-order valence-corrected chi connectivity index (χ4v) is 1.14. The van der Waals surface area contributed by atoms with Crippen LogP contribution in [0.5, 0.6) is 0 Å². The van der Waals surface area contributed by atoms with Crippen LogP contribution in [0.4, 0.5) is 0 Å². The van der Waals surface area contributed by atoms with Gasteiger partial charge in [0.2, 0.25) is 0 Å². The molecule has 0 unspecified atom stereocenters. The molecule has 1 rings (SSSR count). The van der Waals surface area contributed by atoms with Gasteiger partial charge in [0.25, 0.3) is 0 Å². The van der Waals surface area contributed by atoms with Crippen molar-refractivity contribution >= 4 is 0 Å². The number of hydrogen-bond donors (Lipinski definition) is 0. The molecule has 0 aliphatic rings. The highest BCUT2D eigenvalue weighted by Gasteiger charge is 2.07. The zero-order valence-electron chi connectivity index (χ0n) is 11.5. The van der Waals surface area contributed by atoms with Crippen LogP contribution in [-0.2, 0) is 0 Å². The molecule has 0 heterocycles. The van der Waals surface area contributed by atoms with Gasteiger partial charge in [0.1, 0.15) is 0 Å². The van der Waals surface area contributed by atoms with Gasteiger partial charge in [0, 0.05) is 0 Å². The Balaban J connectivity index is -0.000000305. The lowest BCUT2D eigenvalue weighted by atomic mass is 9.91. The lowest BCUT2D eigenvalue weighted by molar-refractivity contribution is 0.535. The first-order valence-corrected chi connectivity index (χ1v) is 6.26. The Morgan fingerprint density at radius 1 is 0.750 bits per heavy atom. The van der Waals surface area contributed by atoms with E-state index in [1.165, 1.54) is 5.56 Å². The summed E-state index contributed by atoms with van der Waals surface area (Å²) in [5.74, 6) is 1.41. The zero-order chi connectivity index (χ0) is 12.3. The van der Waals surface area contributed by atoms with E-state index in [0.717, 1.165) is 5.92 Å². The fraction of sp³-hybridized carbons (Fsp3) is 0.625. The van der Waals surface area contributed by atoms with Gasteiger partial charge in [-0.2, -0.15) is 0 Å². The molecule has 96 valence electrons. The zero-order valence-corrected chi connectivity index (χ0v) is 11.5. The molecule has 1 aromatic carbocycles. The third kappa shape index (κ3) is 8.52. The molecule has 0 aliphatic carbocycles. The molecule has 0 radical (unpaired) electrons. The summed E-state index contributed by atoms with van der Waals surface area (Å²) in [6, 6.07) is 10.7. The first-order valence-electron chi connectivity index (χ1n) is 6.26. The van der Waals surface area contributed by atoms with E-state index in [2.05, 4.69) is 51.1 Å². The van der Waals surface area contributed by atoms with Gasteiger partial charge in [0.05, 0.1) is 0 Å². The summed E-state index contributed by atoms with van der Waals surface area (Å²) < 4.78 is 0. The molecule has 0 saturated heterocycles. The Hall–Kier alpha value is -0.780. The molecule has 0 nitrogen and oxygen atoms in total. The van der Waals surface area contributed by atoms with Crippen LogP contribution in [-0.4, -0.2) is 0 Å². The van der Waals surface area contributed by atoms with Gasteiger partial charge >= 0.3 is 0 Å². The monoisotopic (exact) mass is 224 g/mol. The topological polar surface area (TPSA) is 0 Å². The summed E-state index contributed by atoms with van der Waals surface area (Å²) in [5.41, 5.74) is 1.45. The molecule has 1 atom stereocenters. The van der Waals surface area contributed by atoms with E-state index in [0.29, 0.717) is 5.92 Å². The maximum atomic E-state index is 2.28. The second-order valence-corrected chi connectivity index (χ2v) is 3.44. The van der Waals surface area contributed by atoms with Crippen molar-refractivity contribution in [2.24, 2.45) is 5.92 Å². The summed E-state index contributed by atoms with van der Waals surface area (Å²) in [6.45, 7) is 14.8. The molecular formula is C16H32. The minimum atomic E-state index is 0. The molecule has 0 bridgehead atoms. The van der Waals surface area contributed by atoms with Crippen LogP contribution in [0.1, 0.15) is 67.4 Å². The Morgan fingerprint density at radius 2 is 1.12 bits per heavy atom. The largest absolute Gasteiger partial charge is 0.0776 e. The summed E-state index contributed by atoms with van der Waals surface area (Å²) >= 11 is 0. The molecule has 0 N–H and O–H groups in total. The summed E-state index contributed by atoms with van der Waals surface area (Å²) in [5, 5.41) is 0. The molecule has 16 heavy (non-hydrogen) atoms. The first-order chi connectivity index (χ1) is 7.22. The van der Waals surface area contributed by atoms with Crippen molar-refractivity contribution in [3.8, 4) is 0 Å². The number of rotatable bonds is 2. The van der Waals surface area contributed by atoms with Crippen LogP contribution in [0.25, 0.3) is 0 Å². The van der Waals surface area contributed by atoms with E-state index < -0.39 is 0 Å². The van der Waals surface area contributed by atoms with Crippen molar-refractivity contribution in [3.63, 3.8) is 0 Å². The minimum Gasteiger partial charge on any atom is -0.0776 e. The fourth-order valence-electron chi connectivity index (χ4n) is 1.14. The maximum absolute atomic E-state index is 2.28. The molecule has 0 aromatic heterocycles. The number of hydrogen-bond acceptors (Lipinski definition) is 0. The van der Waals surface area contributed by atoms with Crippen molar-refractivity contribution in [2.45, 2.75) is 61.8 Å². The number of benzene rings is 1. The summed E-state index contributed by atoms with van der Waals surface area (Å²) in [4.78, 5) is 0. The first kappa shape index (κ1) is 20.6. The molecule has 1 aromatic rings. The van der Waals surface area contributed by atoms with Gasteiger partial charge in [-0.15, -0.1) is 0 Å². The SMILES string of the molecule is C.CC.CC.CC(C)[C@@H](C)c1ccccc1. The van der Waals surface area contributed by atoms with Crippen LogP contribution < -0.4 is 0 Å². The minimum absolute atomic E-state index is 0. The van der Waals surface area contributed by atoms with Crippen LogP contribution in [0.2, 0.25) is 0 Å². The van der Waals surface area contributed by atoms with Gasteiger partial charge < -0.3 is 0 Å². The molecule has 0 aliphatic heterocycles. The van der Waals surface area contributed by atoms with E-state index >= 15 is 0 Å². The van der Waals surface area contributed by atoms with Gasteiger partial charge in [-0.3, -0.25) is 0 Å². The third-order valence-electron chi connectivity index (χ3n) is 2.33. The quantitative estimate of drug-likeness (QED) is 0.566. The van der Waals surface area contributed by atoms with Gasteiger partial charge in [-0.25, -0.2) is 0 Å². The van der Waals surface area contributed by atoms with E-state index in [4.69, 9.17) is 0 Å². The third-order valence-corrected chi connectivity index (χ3v) is 2.33. The van der Waals surface area contributed by atoms with Crippen LogP contribution in [0.15, 0.2) is 30.3 Å². The van der Waals surface area contributed by atoms with E-state index in [9.17, 15) is 0 Å². The van der Waals surface area contributed by atoms with Crippen molar-refractivity contribution in [3.05, 3.63) is 35.9 Å². The lowest BCUT2D eigenvalue weighted by Crippen LogP contribution is -2.00.